The monoisotopic (exact) mass is 342 g/mol. The maximum atomic E-state index is 12.1. The summed E-state index contributed by atoms with van der Waals surface area (Å²) in [5.74, 6) is 0.256. The number of nitrogens with one attached hydrogen (secondary N) is 1. The number of carbonyl (C=O) groups excluding carboxylic acids is 1. The first-order valence-corrected chi connectivity index (χ1v) is 9.25. The normalized spacial score (nSPS) is 17.7. The van der Waals surface area contributed by atoms with Crippen molar-refractivity contribution in [1.29, 1.82) is 0 Å². The second-order valence-electron chi connectivity index (χ2n) is 5.41. The second kappa shape index (κ2) is 7.65. The van der Waals surface area contributed by atoms with Gasteiger partial charge in [0.2, 0.25) is 15.9 Å². The molecule has 1 aliphatic rings. The molecule has 0 unspecified atom stereocenters. The molecule has 0 aliphatic carbocycles. The maximum Gasteiger partial charge on any atom is 0.240 e. The quantitative estimate of drug-likeness (QED) is 0.791. The summed E-state index contributed by atoms with van der Waals surface area (Å²) in [6.07, 6.45) is 2.99. The van der Waals surface area contributed by atoms with Crippen molar-refractivity contribution >= 4 is 21.6 Å². The second-order valence-corrected chi connectivity index (χ2v) is 7.31. The van der Waals surface area contributed by atoms with E-state index in [1.807, 2.05) is 0 Å². The van der Waals surface area contributed by atoms with Crippen LogP contribution in [0.15, 0.2) is 24.3 Å². The first-order chi connectivity index (χ1) is 10.9. The molecule has 0 radical (unpaired) electrons. The van der Waals surface area contributed by atoms with Crippen molar-refractivity contribution < 1.29 is 22.7 Å². The van der Waals surface area contributed by atoms with Crippen LogP contribution in [0.3, 0.4) is 0 Å². The molecule has 0 aromatic heterocycles. The van der Waals surface area contributed by atoms with Crippen molar-refractivity contribution in [3.8, 4) is 5.75 Å². The number of hydrogen-bond acceptors (Lipinski definition) is 5. The van der Waals surface area contributed by atoms with Crippen LogP contribution in [0.5, 0.6) is 5.75 Å². The van der Waals surface area contributed by atoms with E-state index < -0.39 is 10.0 Å². The van der Waals surface area contributed by atoms with E-state index in [-0.39, 0.29) is 18.6 Å². The summed E-state index contributed by atoms with van der Waals surface area (Å²) >= 11 is 0. The third kappa shape index (κ3) is 5.11. The number of rotatable bonds is 7. The SMILES string of the molecule is COc1ccc(N(CC(=O)NC[C@@H]2CCCO2)S(C)(=O)=O)cc1. The van der Waals surface area contributed by atoms with Gasteiger partial charge < -0.3 is 14.8 Å². The molecule has 1 N–H and O–H groups in total. The van der Waals surface area contributed by atoms with Crippen LogP contribution in [-0.2, 0) is 19.6 Å². The van der Waals surface area contributed by atoms with E-state index >= 15 is 0 Å². The zero-order valence-electron chi connectivity index (χ0n) is 13.3. The predicted octanol–water partition coefficient (Wildman–Crippen LogP) is 0.756. The average molecular weight is 342 g/mol. The molecule has 7 nitrogen and oxygen atoms in total. The average Bonchev–Trinajstić information content (AvgIpc) is 3.03. The highest BCUT2D eigenvalue weighted by molar-refractivity contribution is 7.92. The highest BCUT2D eigenvalue weighted by Crippen LogP contribution is 2.21. The Morgan fingerprint density at radius 2 is 2.09 bits per heavy atom. The molecule has 128 valence electrons. The minimum atomic E-state index is -3.57. The van der Waals surface area contributed by atoms with E-state index in [1.54, 1.807) is 24.3 Å². The number of hydrogen-bond donors (Lipinski definition) is 1. The molecule has 1 heterocycles. The Labute approximate surface area is 136 Å². The number of methoxy groups -OCH3 is 1. The lowest BCUT2D eigenvalue weighted by Crippen LogP contribution is -2.42. The standard InChI is InChI=1S/C15H22N2O5S/c1-21-13-7-5-12(6-8-13)17(23(2,19)20)11-15(18)16-10-14-4-3-9-22-14/h5-8,14H,3-4,9-11H2,1-2H3,(H,16,18)/t14-/m0/s1. The van der Waals surface area contributed by atoms with Crippen LogP contribution >= 0.6 is 0 Å². The fourth-order valence-corrected chi connectivity index (χ4v) is 3.22. The molecule has 1 saturated heterocycles. The van der Waals surface area contributed by atoms with Gasteiger partial charge in [0.05, 0.1) is 25.2 Å². The molecule has 8 heteroatoms. The molecule has 0 spiro atoms. The Bertz CT molecular complexity index is 624. The van der Waals surface area contributed by atoms with Gasteiger partial charge in [-0.05, 0) is 37.1 Å². The van der Waals surface area contributed by atoms with Crippen LogP contribution < -0.4 is 14.4 Å². The molecule has 1 atom stereocenters. The Morgan fingerprint density at radius 1 is 1.39 bits per heavy atom. The van der Waals surface area contributed by atoms with Crippen molar-refractivity contribution in [1.82, 2.24) is 5.32 Å². The smallest absolute Gasteiger partial charge is 0.240 e. The van der Waals surface area contributed by atoms with E-state index in [9.17, 15) is 13.2 Å². The summed E-state index contributed by atoms with van der Waals surface area (Å²) in [6, 6.07) is 6.51. The number of benzene rings is 1. The van der Waals surface area contributed by atoms with Gasteiger partial charge in [0.25, 0.3) is 0 Å². The summed E-state index contributed by atoms with van der Waals surface area (Å²) in [7, 11) is -2.04. The lowest BCUT2D eigenvalue weighted by atomic mass is 10.2. The van der Waals surface area contributed by atoms with Gasteiger partial charge in [0.1, 0.15) is 12.3 Å². The van der Waals surface area contributed by atoms with Crippen LogP contribution in [0, 0.1) is 0 Å². The van der Waals surface area contributed by atoms with Crippen LogP contribution in [0.4, 0.5) is 5.69 Å². The highest BCUT2D eigenvalue weighted by Gasteiger charge is 2.22. The fraction of sp³-hybridized carbons (Fsp3) is 0.533. The van der Waals surface area contributed by atoms with Gasteiger partial charge in [-0.25, -0.2) is 8.42 Å². The molecule has 2 rings (SSSR count). The Kier molecular flexibility index (Phi) is 5.84. The van der Waals surface area contributed by atoms with Gasteiger partial charge in [-0.15, -0.1) is 0 Å². The molecule has 0 saturated carbocycles. The molecule has 1 fully saturated rings. The first kappa shape index (κ1) is 17.6. The number of ether oxygens (including phenoxy) is 2. The minimum absolute atomic E-state index is 0.0200. The van der Waals surface area contributed by atoms with Gasteiger partial charge in [-0.2, -0.15) is 0 Å². The van der Waals surface area contributed by atoms with Crippen LogP contribution in [0.25, 0.3) is 0 Å². The summed E-state index contributed by atoms with van der Waals surface area (Å²) in [6.45, 7) is 0.846. The van der Waals surface area contributed by atoms with Gasteiger partial charge in [0.15, 0.2) is 0 Å². The molecule has 1 aromatic rings. The van der Waals surface area contributed by atoms with Gasteiger partial charge in [0, 0.05) is 13.2 Å². The van der Waals surface area contributed by atoms with E-state index in [2.05, 4.69) is 5.32 Å². The molecule has 1 aromatic carbocycles. The number of amides is 1. The summed E-state index contributed by atoms with van der Waals surface area (Å²) in [5, 5.41) is 2.72. The van der Waals surface area contributed by atoms with Crippen molar-refractivity contribution in [2.75, 3.05) is 37.4 Å². The molecule has 1 aliphatic heterocycles. The molecule has 1 amide bonds. The van der Waals surface area contributed by atoms with E-state index in [4.69, 9.17) is 9.47 Å². The third-order valence-electron chi connectivity index (χ3n) is 3.60. The fourth-order valence-electron chi connectivity index (χ4n) is 2.37. The van der Waals surface area contributed by atoms with Gasteiger partial charge in [-0.1, -0.05) is 0 Å². The zero-order chi connectivity index (χ0) is 16.9. The van der Waals surface area contributed by atoms with Crippen molar-refractivity contribution in [3.63, 3.8) is 0 Å². The summed E-state index contributed by atoms with van der Waals surface area (Å²) in [5.41, 5.74) is 0.417. The maximum absolute atomic E-state index is 12.1. The number of anilines is 1. The summed E-state index contributed by atoms with van der Waals surface area (Å²) in [4.78, 5) is 12.1. The Balaban J connectivity index is 2.01. The molecular weight excluding hydrogens is 320 g/mol. The topological polar surface area (TPSA) is 84.9 Å². The van der Waals surface area contributed by atoms with Gasteiger partial charge in [-0.3, -0.25) is 9.10 Å². The zero-order valence-corrected chi connectivity index (χ0v) is 14.1. The predicted molar refractivity (Wildman–Crippen MR) is 87.2 cm³/mol. The van der Waals surface area contributed by atoms with E-state index in [1.165, 1.54) is 7.11 Å². The highest BCUT2D eigenvalue weighted by atomic mass is 32.2. The Morgan fingerprint density at radius 3 is 2.61 bits per heavy atom. The number of carbonyl (C=O) groups is 1. The largest absolute Gasteiger partial charge is 0.497 e. The summed E-state index contributed by atoms with van der Waals surface area (Å²) < 4.78 is 35.5. The Hall–Kier alpha value is -1.80. The number of nitrogens with zero attached hydrogens (tertiary/aromatic N) is 1. The minimum Gasteiger partial charge on any atom is -0.497 e. The lowest BCUT2D eigenvalue weighted by molar-refractivity contribution is -0.120. The van der Waals surface area contributed by atoms with E-state index in [0.29, 0.717) is 24.6 Å². The lowest BCUT2D eigenvalue weighted by Gasteiger charge is -2.22. The van der Waals surface area contributed by atoms with Crippen molar-refractivity contribution in [2.45, 2.75) is 18.9 Å². The van der Waals surface area contributed by atoms with Crippen molar-refractivity contribution in [3.05, 3.63) is 24.3 Å². The van der Waals surface area contributed by atoms with Crippen molar-refractivity contribution in [2.24, 2.45) is 0 Å². The molecule has 23 heavy (non-hydrogen) atoms. The third-order valence-corrected chi connectivity index (χ3v) is 4.74. The van der Waals surface area contributed by atoms with E-state index in [0.717, 1.165) is 23.4 Å². The number of sulfonamides is 1. The van der Waals surface area contributed by atoms with Crippen LogP contribution in [0.2, 0.25) is 0 Å². The first-order valence-electron chi connectivity index (χ1n) is 7.40. The van der Waals surface area contributed by atoms with Gasteiger partial charge >= 0.3 is 0 Å². The molecule has 0 bridgehead atoms. The van der Waals surface area contributed by atoms with Crippen LogP contribution in [0.1, 0.15) is 12.8 Å². The molecular formula is C15H22N2O5S. The van der Waals surface area contributed by atoms with Crippen LogP contribution in [-0.4, -0.2) is 53.5 Å².